The summed E-state index contributed by atoms with van der Waals surface area (Å²) >= 11 is 6.61. The van der Waals surface area contributed by atoms with Crippen molar-refractivity contribution in [1.29, 1.82) is 0 Å². The van der Waals surface area contributed by atoms with Crippen LogP contribution in [0, 0.1) is 11.8 Å². The molecular weight excluding hydrogens is 899 g/mol. The van der Waals surface area contributed by atoms with Crippen molar-refractivity contribution in [2.75, 3.05) is 96.9 Å². The summed E-state index contributed by atoms with van der Waals surface area (Å²) in [6.45, 7) is 7.54. The molecule has 0 radical (unpaired) electrons. The number of carbonyl (C=O) groups excluding carboxylic acids is 4. The van der Waals surface area contributed by atoms with Crippen LogP contribution in [0.5, 0.6) is 0 Å². The Labute approximate surface area is 386 Å². The summed E-state index contributed by atoms with van der Waals surface area (Å²) < 4.78 is 45.2. The van der Waals surface area contributed by atoms with Gasteiger partial charge in [0.1, 0.15) is 5.69 Å². The van der Waals surface area contributed by atoms with E-state index in [4.69, 9.17) is 11.6 Å². The largest absolute Gasteiger partial charge is 0.477 e. The fraction of sp³-hybridized carbons (Fsp3) is 0.455. The van der Waals surface area contributed by atoms with Gasteiger partial charge in [0.05, 0.1) is 59.1 Å². The van der Waals surface area contributed by atoms with E-state index in [0.717, 1.165) is 25.8 Å². The number of rotatable bonds is 11. The van der Waals surface area contributed by atoms with Crippen LogP contribution in [0.3, 0.4) is 0 Å². The van der Waals surface area contributed by atoms with Crippen LogP contribution in [0.1, 0.15) is 50.0 Å². The number of piperazine rings is 2. The Morgan fingerprint density at radius 3 is 2.25 bits per heavy atom. The number of halogens is 4. The predicted molar refractivity (Wildman–Crippen MR) is 238 cm³/mol. The lowest BCUT2D eigenvalue weighted by atomic mass is 9.90. The molecule has 9 rings (SSSR count). The molecule has 4 aliphatic heterocycles. The number of hydrogen-bond acceptors (Lipinski definition) is 10. The molecule has 4 amide bonds. The van der Waals surface area contributed by atoms with Gasteiger partial charge in [0, 0.05) is 120 Å². The number of aromatic nitrogens is 6. The first-order valence-electron chi connectivity index (χ1n) is 22.2. The van der Waals surface area contributed by atoms with Crippen molar-refractivity contribution in [3.05, 3.63) is 70.5 Å². The number of quaternary nitrogens is 1. The number of benzene rings is 1. The fourth-order valence-electron chi connectivity index (χ4n) is 9.74. The maximum atomic E-state index is 14.5. The Morgan fingerprint density at radius 2 is 1.60 bits per heavy atom. The van der Waals surface area contributed by atoms with Crippen LogP contribution in [0.25, 0.3) is 33.5 Å². The molecule has 23 heteroatoms. The molecule has 354 valence electrons. The number of alkyl halides is 3. The Morgan fingerprint density at radius 1 is 0.896 bits per heavy atom. The number of aliphatic carboxylic acids is 1. The van der Waals surface area contributed by atoms with Crippen molar-refractivity contribution in [1.82, 2.24) is 55.0 Å². The van der Waals surface area contributed by atoms with E-state index in [0.29, 0.717) is 92.2 Å². The number of H-pyrrole nitrogens is 2. The number of piperidine rings is 1. The SMILES string of the molecule is Cn1c(-c2c(C(F)(F)F)n[nH]c2-c2cc3[nH]c(C(=O)N4CCNCC4)cc3cn2)cnc1C(=O)Nc1ccc(C(=O)N2CCN(C(=O)C3CC[N+](CC(=O)O)(CC4CNC4)CC3)CC2)c(Cl)c1. The zero-order chi connectivity index (χ0) is 47.2. The Balaban J connectivity index is 0.842. The van der Waals surface area contributed by atoms with Gasteiger partial charge >= 0.3 is 12.1 Å². The van der Waals surface area contributed by atoms with Crippen LogP contribution in [0.15, 0.2) is 42.7 Å². The molecule has 0 saturated carbocycles. The minimum absolute atomic E-state index is 0.0240. The van der Waals surface area contributed by atoms with Gasteiger partial charge < -0.3 is 49.8 Å². The summed E-state index contributed by atoms with van der Waals surface area (Å²) in [5.41, 5.74) is -0.540. The molecule has 8 heterocycles. The van der Waals surface area contributed by atoms with Crippen molar-refractivity contribution in [3.63, 3.8) is 0 Å². The van der Waals surface area contributed by atoms with Crippen molar-refractivity contribution in [2.24, 2.45) is 18.9 Å². The smallest absolute Gasteiger partial charge is 0.435 e. The molecular formula is C44H50ClF3N13O6+. The number of carboxylic acid groups (broad SMARTS) is 1. The van der Waals surface area contributed by atoms with Gasteiger partial charge in [-0.25, -0.2) is 9.78 Å². The second-order valence-electron chi connectivity index (χ2n) is 17.8. The molecule has 6 N–H and O–H groups in total. The second kappa shape index (κ2) is 18.4. The van der Waals surface area contributed by atoms with Gasteiger partial charge in [0.2, 0.25) is 5.91 Å². The summed E-state index contributed by atoms with van der Waals surface area (Å²) in [7, 11) is 1.39. The van der Waals surface area contributed by atoms with Gasteiger partial charge in [-0.2, -0.15) is 18.3 Å². The first-order valence-corrected chi connectivity index (χ1v) is 22.6. The number of imidazole rings is 1. The number of carbonyl (C=O) groups is 5. The topological polar surface area (TPSA) is 227 Å². The molecule has 67 heavy (non-hydrogen) atoms. The molecule has 0 spiro atoms. The molecule has 0 unspecified atom stereocenters. The summed E-state index contributed by atoms with van der Waals surface area (Å²) in [4.78, 5) is 82.4. The number of nitrogens with zero attached hydrogens (tertiary/aromatic N) is 8. The van der Waals surface area contributed by atoms with E-state index >= 15 is 0 Å². The number of nitrogens with one attached hydrogen (secondary N) is 5. The highest BCUT2D eigenvalue weighted by molar-refractivity contribution is 6.34. The van der Waals surface area contributed by atoms with Gasteiger partial charge in [-0.05, 0) is 30.3 Å². The minimum Gasteiger partial charge on any atom is -0.477 e. The average Bonchev–Trinajstić information content (AvgIpc) is 4.04. The predicted octanol–water partition coefficient (Wildman–Crippen LogP) is 3.14. The Hall–Kier alpha value is -6.36. The maximum Gasteiger partial charge on any atom is 0.435 e. The number of carboxylic acids is 1. The van der Waals surface area contributed by atoms with Gasteiger partial charge in [-0.1, -0.05) is 11.6 Å². The average molecular weight is 949 g/mol. The third-order valence-electron chi connectivity index (χ3n) is 13.4. The van der Waals surface area contributed by atoms with Crippen LogP contribution in [0.4, 0.5) is 18.9 Å². The van der Waals surface area contributed by atoms with E-state index in [1.807, 2.05) is 0 Å². The van der Waals surface area contributed by atoms with Crippen molar-refractivity contribution in [2.45, 2.75) is 19.0 Å². The molecule has 0 atom stereocenters. The van der Waals surface area contributed by atoms with Crippen molar-refractivity contribution < 1.29 is 46.7 Å². The molecule has 4 fully saturated rings. The number of pyridine rings is 1. The van der Waals surface area contributed by atoms with Crippen LogP contribution in [-0.2, 0) is 22.8 Å². The number of amides is 4. The number of likely N-dealkylation sites (tertiary alicyclic amines) is 1. The first-order chi connectivity index (χ1) is 32.1. The third-order valence-corrected chi connectivity index (χ3v) is 13.8. The third kappa shape index (κ3) is 9.34. The van der Waals surface area contributed by atoms with Crippen LogP contribution >= 0.6 is 11.6 Å². The fourth-order valence-corrected chi connectivity index (χ4v) is 10.0. The molecule has 4 aliphatic rings. The molecule has 0 bridgehead atoms. The zero-order valence-corrected chi connectivity index (χ0v) is 37.3. The van der Waals surface area contributed by atoms with E-state index in [9.17, 15) is 42.3 Å². The summed E-state index contributed by atoms with van der Waals surface area (Å²) in [6.07, 6.45) is -1.09. The highest BCUT2D eigenvalue weighted by atomic mass is 35.5. The number of hydrogen-bond donors (Lipinski definition) is 6. The Kier molecular flexibility index (Phi) is 12.6. The summed E-state index contributed by atoms with van der Waals surface area (Å²) in [5, 5.41) is 25.4. The monoisotopic (exact) mass is 948 g/mol. The first kappa shape index (κ1) is 45.8. The molecule has 0 aliphatic carbocycles. The molecule has 1 aromatic carbocycles. The standard InChI is InChI=1S/C44H49ClF3N13O6/c1-57-34(36-37(55-56-38(36)44(46,47)48)32-18-31-27(21-51-32)16-33(54-31)43(67)58-8-6-49-7-9-58)22-52-39(57)40(64)53-28-2-3-29(30(45)17-28)42(66)60-12-10-59(11-13-60)41(65)26-4-14-61(15-5-26,24-35(62)63)23-25-19-50-20-25/h2-3,16-18,21-22,25-26,49-50H,4-15,19-20,23-24H2,1H3,(H3-,51,52,53,54,55,56,62,63,64,66,67)/p+1. The van der Waals surface area contributed by atoms with Gasteiger partial charge in [0.15, 0.2) is 18.1 Å². The van der Waals surface area contributed by atoms with Crippen molar-refractivity contribution in [3.8, 4) is 22.6 Å². The summed E-state index contributed by atoms with van der Waals surface area (Å²) in [5.74, 6) is -2.12. The second-order valence-corrected chi connectivity index (χ2v) is 18.2. The van der Waals surface area contributed by atoms with Crippen LogP contribution < -0.4 is 16.0 Å². The number of anilines is 1. The Bertz CT molecular complexity index is 2730. The number of aromatic amines is 2. The normalized spacial score (nSPS) is 20.5. The van der Waals surface area contributed by atoms with E-state index < -0.39 is 29.3 Å². The van der Waals surface area contributed by atoms with Gasteiger partial charge in [-0.3, -0.25) is 29.3 Å². The lowest BCUT2D eigenvalue weighted by Gasteiger charge is -2.46. The zero-order valence-electron chi connectivity index (χ0n) is 36.6. The molecule has 4 saturated heterocycles. The molecule has 4 aromatic heterocycles. The maximum absolute atomic E-state index is 14.5. The van der Waals surface area contributed by atoms with E-state index in [2.05, 4.69) is 41.1 Å². The van der Waals surface area contributed by atoms with Crippen molar-refractivity contribution >= 4 is 57.8 Å². The van der Waals surface area contributed by atoms with Crippen LogP contribution in [0.2, 0.25) is 5.02 Å². The van der Waals surface area contributed by atoms with E-state index in [1.54, 1.807) is 20.8 Å². The quantitative estimate of drug-likeness (QED) is 0.106. The molecule has 5 aromatic rings. The highest BCUT2D eigenvalue weighted by Gasteiger charge is 2.43. The lowest BCUT2D eigenvalue weighted by Crippen LogP contribution is -2.62. The number of fused-ring (bicyclic) bond motifs is 1. The van der Waals surface area contributed by atoms with Gasteiger partial charge in [-0.15, -0.1) is 0 Å². The summed E-state index contributed by atoms with van der Waals surface area (Å²) in [6, 6.07) is 7.51. The highest BCUT2D eigenvalue weighted by Crippen LogP contribution is 2.41. The van der Waals surface area contributed by atoms with Crippen LogP contribution in [-0.4, -0.2) is 175 Å². The van der Waals surface area contributed by atoms with Gasteiger partial charge in [0.25, 0.3) is 17.7 Å². The van der Waals surface area contributed by atoms with E-state index in [-0.39, 0.29) is 82.5 Å². The molecule has 19 nitrogen and oxygen atoms in total. The van der Waals surface area contributed by atoms with E-state index in [1.165, 1.54) is 42.1 Å². The minimum atomic E-state index is -4.90. The lowest BCUT2D eigenvalue weighted by molar-refractivity contribution is -0.929.